The molecule has 2 aromatic rings. The van der Waals surface area contributed by atoms with Gasteiger partial charge in [0, 0.05) is 11.9 Å². The third-order valence-corrected chi connectivity index (χ3v) is 3.24. The van der Waals surface area contributed by atoms with Gasteiger partial charge in [-0.2, -0.15) is 0 Å². The number of aryl methyl sites for hydroxylation is 1. The molecule has 2 heterocycles. The topological polar surface area (TPSA) is 67.9 Å². The third kappa shape index (κ3) is 2.25. The third-order valence-electron chi connectivity index (χ3n) is 2.16. The maximum Gasteiger partial charge on any atom is 0.342 e. The van der Waals surface area contributed by atoms with Crippen molar-refractivity contribution in [3.8, 4) is 10.7 Å². The fraction of sp³-hybridized carbons (Fsp3) is 0.200. The number of methoxy groups -OCH3 is 1. The molecule has 7 heteroatoms. The van der Waals surface area contributed by atoms with E-state index in [0.717, 1.165) is 4.88 Å². The lowest BCUT2D eigenvalue weighted by molar-refractivity contribution is 0.0598. The molecule has 5 nitrogen and oxygen atoms in total. The summed E-state index contributed by atoms with van der Waals surface area (Å²) in [6.07, 6.45) is 1.69. The Hall–Kier alpha value is -1.60. The van der Waals surface area contributed by atoms with Gasteiger partial charge >= 0.3 is 5.97 Å². The number of aromatic amines is 1. The molecule has 2 aromatic heterocycles. The van der Waals surface area contributed by atoms with E-state index in [-0.39, 0.29) is 4.64 Å². The number of rotatable bonds is 2. The van der Waals surface area contributed by atoms with E-state index in [1.54, 1.807) is 18.6 Å². The van der Waals surface area contributed by atoms with Gasteiger partial charge in [-0.3, -0.25) is 4.98 Å². The quantitative estimate of drug-likeness (QED) is 0.668. The van der Waals surface area contributed by atoms with Crippen molar-refractivity contribution >= 4 is 29.5 Å². The molecule has 0 saturated heterocycles. The molecule has 0 aliphatic heterocycles. The average molecular weight is 267 g/mol. The fourth-order valence-corrected chi connectivity index (χ4v) is 2.27. The minimum Gasteiger partial charge on any atom is -0.465 e. The predicted octanol–water partition coefficient (Wildman–Crippen LogP) is 2.36. The lowest BCUT2D eigenvalue weighted by atomic mass is 10.2. The van der Waals surface area contributed by atoms with Gasteiger partial charge in [-0.05, 0) is 6.92 Å². The summed E-state index contributed by atoms with van der Waals surface area (Å²) in [5.41, 5.74) is 2.65. The number of carbonyl (C=O) groups is 1. The van der Waals surface area contributed by atoms with E-state index in [1.165, 1.54) is 18.4 Å². The van der Waals surface area contributed by atoms with Gasteiger partial charge in [0.1, 0.15) is 10.2 Å². The van der Waals surface area contributed by atoms with Gasteiger partial charge in [0.05, 0.1) is 17.5 Å². The first-order valence-corrected chi connectivity index (χ1v) is 6.00. The molecular formula is C10H9N3O2S2. The minimum absolute atomic E-state index is 0.233. The zero-order valence-corrected chi connectivity index (χ0v) is 10.8. The second-order valence-electron chi connectivity index (χ2n) is 3.25. The van der Waals surface area contributed by atoms with Crippen molar-refractivity contribution in [1.29, 1.82) is 0 Å². The van der Waals surface area contributed by atoms with Crippen LogP contribution in [0.2, 0.25) is 0 Å². The number of nitrogens with one attached hydrogen (secondary N) is 1. The zero-order valence-electron chi connectivity index (χ0n) is 9.18. The van der Waals surface area contributed by atoms with Crippen molar-refractivity contribution in [2.45, 2.75) is 6.92 Å². The minimum atomic E-state index is -0.480. The van der Waals surface area contributed by atoms with Crippen LogP contribution in [0.1, 0.15) is 16.1 Å². The number of thiazole rings is 1. The highest BCUT2D eigenvalue weighted by Gasteiger charge is 2.15. The first kappa shape index (κ1) is 11.9. The summed E-state index contributed by atoms with van der Waals surface area (Å²) in [6, 6.07) is 0. The Labute approximate surface area is 107 Å². The summed E-state index contributed by atoms with van der Waals surface area (Å²) >= 11 is 6.54. The Morgan fingerprint density at radius 1 is 1.59 bits per heavy atom. The van der Waals surface area contributed by atoms with Gasteiger partial charge in [0.25, 0.3) is 0 Å². The number of carbonyl (C=O) groups excluding carboxylic acids is 1. The van der Waals surface area contributed by atoms with Gasteiger partial charge < -0.3 is 9.72 Å². The van der Waals surface area contributed by atoms with Gasteiger partial charge in [-0.15, -0.1) is 11.3 Å². The molecule has 0 spiro atoms. The first-order chi connectivity index (χ1) is 8.13. The van der Waals surface area contributed by atoms with Crippen molar-refractivity contribution in [1.82, 2.24) is 15.0 Å². The highest BCUT2D eigenvalue weighted by atomic mass is 32.1. The van der Waals surface area contributed by atoms with E-state index in [1.807, 2.05) is 0 Å². The standard InChI is InChI=1S/C10H9N3O2S2/c1-5-7(10(14)15-2)9(16)13-8(12-5)6-3-11-4-17-6/h3-4H,1-2H3,(H,12,13,16). The maximum absolute atomic E-state index is 11.5. The van der Waals surface area contributed by atoms with Crippen LogP contribution in [0.3, 0.4) is 0 Å². The Morgan fingerprint density at radius 3 is 2.88 bits per heavy atom. The Kier molecular flexibility index (Phi) is 3.30. The first-order valence-electron chi connectivity index (χ1n) is 4.71. The molecule has 0 radical (unpaired) electrons. The number of hydrogen-bond acceptors (Lipinski definition) is 6. The zero-order chi connectivity index (χ0) is 12.4. The van der Waals surface area contributed by atoms with Gasteiger partial charge in [-0.1, -0.05) is 12.2 Å². The molecule has 0 saturated carbocycles. The smallest absolute Gasteiger partial charge is 0.342 e. The second kappa shape index (κ2) is 4.72. The summed E-state index contributed by atoms with van der Waals surface area (Å²) in [5.74, 6) is 0.134. The van der Waals surface area contributed by atoms with Crippen molar-refractivity contribution in [2.24, 2.45) is 0 Å². The number of H-pyrrole nitrogens is 1. The van der Waals surface area contributed by atoms with E-state index in [9.17, 15) is 4.79 Å². The number of esters is 1. The molecule has 88 valence electrons. The van der Waals surface area contributed by atoms with Crippen LogP contribution in [-0.4, -0.2) is 28.0 Å². The molecule has 0 aliphatic rings. The van der Waals surface area contributed by atoms with Crippen molar-refractivity contribution < 1.29 is 9.53 Å². The van der Waals surface area contributed by atoms with E-state index >= 15 is 0 Å². The molecule has 0 bridgehead atoms. The number of hydrogen-bond donors (Lipinski definition) is 1. The molecule has 1 N–H and O–H groups in total. The highest BCUT2D eigenvalue weighted by molar-refractivity contribution is 7.71. The molecule has 2 rings (SSSR count). The molecule has 0 fully saturated rings. The van der Waals surface area contributed by atoms with Crippen molar-refractivity contribution in [3.05, 3.63) is 27.6 Å². The number of ether oxygens (including phenoxy) is 1. The molecule has 0 aromatic carbocycles. The Bertz CT molecular complexity index is 605. The fourth-order valence-electron chi connectivity index (χ4n) is 1.38. The van der Waals surface area contributed by atoms with Gasteiger partial charge in [0.15, 0.2) is 5.82 Å². The van der Waals surface area contributed by atoms with Crippen LogP contribution >= 0.6 is 23.6 Å². The van der Waals surface area contributed by atoms with Crippen LogP contribution in [-0.2, 0) is 4.74 Å². The second-order valence-corrected chi connectivity index (χ2v) is 4.52. The SMILES string of the molecule is COC(=O)c1c(C)[nH]c(-c2cncs2)nc1=S. The summed E-state index contributed by atoms with van der Waals surface area (Å²) in [6.45, 7) is 1.76. The van der Waals surface area contributed by atoms with Crippen molar-refractivity contribution in [3.63, 3.8) is 0 Å². The monoisotopic (exact) mass is 267 g/mol. The summed E-state index contributed by atoms with van der Waals surface area (Å²) in [5, 5.41) is 0. The number of aromatic nitrogens is 3. The molecular weight excluding hydrogens is 258 g/mol. The molecule has 0 atom stereocenters. The maximum atomic E-state index is 11.5. The molecule has 0 aliphatic carbocycles. The molecule has 0 amide bonds. The Morgan fingerprint density at radius 2 is 2.35 bits per heavy atom. The highest BCUT2D eigenvalue weighted by Crippen LogP contribution is 2.20. The van der Waals surface area contributed by atoms with Crippen LogP contribution in [0, 0.1) is 11.6 Å². The van der Waals surface area contributed by atoms with E-state index in [2.05, 4.69) is 19.7 Å². The average Bonchev–Trinajstić information content (AvgIpc) is 2.81. The summed E-state index contributed by atoms with van der Waals surface area (Å²) in [7, 11) is 1.31. The van der Waals surface area contributed by atoms with Crippen LogP contribution in [0.25, 0.3) is 10.7 Å². The van der Waals surface area contributed by atoms with Crippen LogP contribution in [0.4, 0.5) is 0 Å². The van der Waals surface area contributed by atoms with Crippen LogP contribution < -0.4 is 0 Å². The largest absolute Gasteiger partial charge is 0.465 e. The number of nitrogens with zero attached hydrogens (tertiary/aromatic N) is 2. The van der Waals surface area contributed by atoms with E-state index in [0.29, 0.717) is 17.1 Å². The predicted molar refractivity (Wildman–Crippen MR) is 66.6 cm³/mol. The van der Waals surface area contributed by atoms with Crippen LogP contribution in [0.5, 0.6) is 0 Å². The molecule has 0 unspecified atom stereocenters. The van der Waals surface area contributed by atoms with Crippen molar-refractivity contribution in [2.75, 3.05) is 7.11 Å². The van der Waals surface area contributed by atoms with E-state index in [4.69, 9.17) is 12.2 Å². The Balaban J connectivity index is 2.57. The van der Waals surface area contributed by atoms with Crippen LogP contribution in [0.15, 0.2) is 11.7 Å². The van der Waals surface area contributed by atoms with Gasteiger partial charge in [0.2, 0.25) is 0 Å². The lowest BCUT2D eigenvalue weighted by Gasteiger charge is -2.05. The summed E-state index contributed by atoms with van der Waals surface area (Å²) in [4.78, 5) is 23.5. The summed E-state index contributed by atoms with van der Waals surface area (Å²) < 4.78 is 4.89. The lowest BCUT2D eigenvalue weighted by Crippen LogP contribution is -2.08. The van der Waals surface area contributed by atoms with E-state index < -0.39 is 5.97 Å². The van der Waals surface area contributed by atoms with Gasteiger partial charge in [-0.25, -0.2) is 9.78 Å². The molecule has 17 heavy (non-hydrogen) atoms. The normalized spacial score (nSPS) is 10.2.